The second kappa shape index (κ2) is 3.18. The zero-order valence-electron chi connectivity index (χ0n) is 5.55. The highest BCUT2D eigenvalue weighted by atomic mass is 15.5. The summed E-state index contributed by atoms with van der Waals surface area (Å²) >= 11 is 0. The molecule has 0 spiro atoms. The highest BCUT2D eigenvalue weighted by Crippen LogP contribution is 1.94. The topological polar surface area (TPSA) is 28.0 Å². The van der Waals surface area contributed by atoms with Crippen molar-refractivity contribution < 1.29 is 0 Å². The minimum absolute atomic E-state index is 0.885. The van der Waals surface area contributed by atoms with E-state index in [-0.39, 0.29) is 0 Å². The van der Waals surface area contributed by atoms with Gasteiger partial charge in [-0.05, 0) is 6.92 Å². The van der Waals surface area contributed by atoms with Crippen LogP contribution in [0.25, 0.3) is 0 Å². The van der Waals surface area contributed by atoms with Crippen molar-refractivity contribution in [3.63, 3.8) is 0 Å². The minimum atomic E-state index is 0.885. The van der Waals surface area contributed by atoms with E-state index >= 15 is 0 Å². The van der Waals surface area contributed by atoms with Crippen LogP contribution in [0.4, 0.5) is 0 Å². The molecule has 0 radical (unpaired) electrons. The van der Waals surface area contributed by atoms with E-state index in [1.165, 1.54) is 0 Å². The molecule has 0 unspecified atom stereocenters. The van der Waals surface area contributed by atoms with Gasteiger partial charge in [-0.1, -0.05) is 11.8 Å². The Balaban J connectivity index is 3.64. The van der Waals surface area contributed by atoms with E-state index in [0.29, 0.717) is 0 Å². The second-order valence-electron chi connectivity index (χ2n) is 1.55. The second-order valence-corrected chi connectivity index (χ2v) is 1.55. The van der Waals surface area contributed by atoms with Gasteiger partial charge in [-0.3, -0.25) is 5.01 Å². The van der Waals surface area contributed by atoms with Crippen molar-refractivity contribution in [2.24, 2.45) is 10.3 Å². The van der Waals surface area contributed by atoms with Crippen molar-refractivity contribution in [3.8, 4) is 0 Å². The van der Waals surface area contributed by atoms with Crippen LogP contribution in [0, 0.1) is 0 Å². The van der Waals surface area contributed by atoms with Gasteiger partial charge in [-0.15, -0.1) is 0 Å². The average molecular weight is 113 g/mol. The van der Waals surface area contributed by atoms with Gasteiger partial charge in [0.25, 0.3) is 0 Å². The third-order valence-electron chi connectivity index (χ3n) is 0.776. The largest absolute Gasteiger partial charge is 0.255 e. The fourth-order valence-corrected chi connectivity index (χ4v) is 0.211. The molecular weight excluding hydrogens is 102 g/mol. The molecule has 0 saturated carbocycles. The number of nitrogens with zero attached hydrogens (tertiary/aromatic N) is 3. The van der Waals surface area contributed by atoms with Gasteiger partial charge >= 0.3 is 0 Å². The molecule has 0 amide bonds. The first kappa shape index (κ1) is 7.14. The van der Waals surface area contributed by atoms with Gasteiger partial charge in [0.2, 0.25) is 0 Å². The lowest BCUT2D eigenvalue weighted by molar-refractivity contribution is 0.416. The Bertz CT molecular complexity index is 106. The van der Waals surface area contributed by atoms with Crippen LogP contribution >= 0.6 is 0 Å². The normalized spacial score (nSPS) is 9.88. The molecule has 0 aromatic rings. The van der Waals surface area contributed by atoms with Crippen LogP contribution in [0.3, 0.4) is 0 Å². The molecule has 0 bridgehead atoms. The molecule has 0 heterocycles. The van der Waals surface area contributed by atoms with E-state index in [4.69, 9.17) is 0 Å². The maximum Gasteiger partial charge on any atom is 0.0509 e. The summed E-state index contributed by atoms with van der Waals surface area (Å²) in [7, 11) is 3.43. The van der Waals surface area contributed by atoms with Gasteiger partial charge in [0, 0.05) is 12.7 Å². The highest BCUT2D eigenvalue weighted by Gasteiger charge is 1.87. The Morgan fingerprint density at radius 3 is 2.25 bits per heavy atom. The first-order valence-corrected chi connectivity index (χ1v) is 2.37. The molecule has 46 valence electrons. The number of hydrogen-bond acceptors (Lipinski definition) is 2. The standard InChI is InChI=1S/C5H11N3/c1-5(2)8(4)7-6-3/h1H2,2-4H3. The van der Waals surface area contributed by atoms with Crippen molar-refractivity contribution in [1.82, 2.24) is 5.01 Å². The van der Waals surface area contributed by atoms with Crippen LogP contribution in [0.2, 0.25) is 0 Å². The maximum absolute atomic E-state index is 3.68. The molecule has 0 aliphatic rings. The zero-order valence-corrected chi connectivity index (χ0v) is 5.55. The number of rotatable bonds is 2. The summed E-state index contributed by atoms with van der Waals surface area (Å²) < 4.78 is 0. The van der Waals surface area contributed by atoms with Crippen molar-refractivity contribution >= 4 is 0 Å². The van der Waals surface area contributed by atoms with Crippen LogP contribution in [-0.4, -0.2) is 19.1 Å². The van der Waals surface area contributed by atoms with E-state index in [2.05, 4.69) is 16.9 Å². The summed E-state index contributed by atoms with van der Waals surface area (Å²) in [5.74, 6) is 0. The van der Waals surface area contributed by atoms with Crippen molar-refractivity contribution in [1.29, 1.82) is 0 Å². The van der Waals surface area contributed by atoms with Crippen molar-refractivity contribution in [2.75, 3.05) is 14.1 Å². The lowest BCUT2D eigenvalue weighted by Crippen LogP contribution is -2.04. The van der Waals surface area contributed by atoms with Crippen LogP contribution in [0.15, 0.2) is 22.6 Å². The summed E-state index contributed by atoms with van der Waals surface area (Å²) in [6.45, 7) is 5.52. The van der Waals surface area contributed by atoms with Gasteiger partial charge in [-0.2, -0.15) is 5.11 Å². The molecule has 0 aliphatic heterocycles. The monoisotopic (exact) mass is 113 g/mol. The molecule has 0 N–H and O–H groups in total. The average Bonchev–Trinajstić information content (AvgIpc) is 1.67. The molecule has 3 nitrogen and oxygen atoms in total. The van der Waals surface area contributed by atoms with E-state index < -0.39 is 0 Å². The summed E-state index contributed by atoms with van der Waals surface area (Å²) in [4.78, 5) is 0. The zero-order chi connectivity index (χ0) is 6.57. The van der Waals surface area contributed by atoms with Crippen LogP contribution in [0.1, 0.15) is 6.92 Å². The Morgan fingerprint density at radius 2 is 2.12 bits per heavy atom. The molecule has 0 atom stereocenters. The molecule has 0 saturated heterocycles. The SMILES string of the molecule is C=C(C)N(C)N=NC. The number of allylic oxidation sites excluding steroid dienone is 1. The van der Waals surface area contributed by atoms with Gasteiger partial charge in [0.15, 0.2) is 0 Å². The van der Waals surface area contributed by atoms with E-state index in [9.17, 15) is 0 Å². The summed E-state index contributed by atoms with van der Waals surface area (Å²) in [5, 5.41) is 8.84. The van der Waals surface area contributed by atoms with Gasteiger partial charge < -0.3 is 0 Å². The molecule has 0 rings (SSSR count). The fraction of sp³-hybridized carbons (Fsp3) is 0.600. The molecule has 0 fully saturated rings. The molecular formula is C5H11N3. The number of hydrogen-bond donors (Lipinski definition) is 0. The predicted octanol–water partition coefficient (Wildman–Crippen LogP) is 1.45. The highest BCUT2D eigenvalue weighted by molar-refractivity contribution is 4.82. The van der Waals surface area contributed by atoms with Crippen molar-refractivity contribution in [2.45, 2.75) is 6.92 Å². The van der Waals surface area contributed by atoms with E-state index in [0.717, 1.165) is 5.70 Å². The molecule has 0 aromatic heterocycles. The maximum atomic E-state index is 3.68. The summed E-state index contributed by atoms with van der Waals surface area (Å²) in [5.41, 5.74) is 0.885. The Kier molecular flexibility index (Phi) is 2.84. The lowest BCUT2D eigenvalue weighted by atomic mass is 10.6. The molecule has 0 aliphatic carbocycles. The smallest absolute Gasteiger partial charge is 0.0509 e. The van der Waals surface area contributed by atoms with Gasteiger partial charge in [-0.25, -0.2) is 0 Å². The van der Waals surface area contributed by atoms with Crippen molar-refractivity contribution in [3.05, 3.63) is 12.3 Å². The third kappa shape index (κ3) is 2.34. The van der Waals surface area contributed by atoms with Crippen LogP contribution < -0.4 is 0 Å². The predicted molar refractivity (Wildman–Crippen MR) is 33.4 cm³/mol. The van der Waals surface area contributed by atoms with Crippen LogP contribution in [0.5, 0.6) is 0 Å². The minimum Gasteiger partial charge on any atom is -0.255 e. The van der Waals surface area contributed by atoms with Gasteiger partial charge in [0.1, 0.15) is 0 Å². The summed E-state index contributed by atoms with van der Waals surface area (Å²) in [6, 6.07) is 0. The quantitative estimate of drug-likeness (QED) is 0.393. The lowest BCUT2D eigenvalue weighted by Gasteiger charge is -2.07. The fourth-order valence-electron chi connectivity index (χ4n) is 0.211. The Hall–Kier alpha value is -0.860. The van der Waals surface area contributed by atoms with Crippen LogP contribution in [-0.2, 0) is 0 Å². The Morgan fingerprint density at radius 1 is 1.62 bits per heavy atom. The molecule has 3 heteroatoms. The first-order valence-electron chi connectivity index (χ1n) is 2.37. The summed E-state index contributed by atoms with van der Waals surface area (Å²) in [6.07, 6.45) is 0. The molecule has 0 aromatic carbocycles. The third-order valence-corrected chi connectivity index (χ3v) is 0.776. The Labute approximate surface area is 49.7 Å². The first-order chi connectivity index (χ1) is 3.68. The van der Waals surface area contributed by atoms with Gasteiger partial charge in [0.05, 0.1) is 7.05 Å². The van der Waals surface area contributed by atoms with E-state index in [1.807, 2.05) is 6.92 Å². The molecule has 8 heavy (non-hydrogen) atoms. The van der Waals surface area contributed by atoms with E-state index in [1.54, 1.807) is 19.1 Å².